The van der Waals surface area contributed by atoms with Crippen molar-refractivity contribution in [3.8, 4) is 0 Å². The quantitative estimate of drug-likeness (QED) is 0.295. The molecule has 2 aliphatic rings. The van der Waals surface area contributed by atoms with Crippen molar-refractivity contribution in [2.75, 3.05) is 6.54 Å². The van der Waals surface area contributed by atoms with Crippen LogP contribution >= 0.6 is 0 Å². The summed E-state index contributed by atoms with van der Waals surface area (Å²) >= 11 is 0. The van der Waals surface area contributed by atoms with Crippen molar-refractivity contribution < 1.29 is 40.3 Å². The first-order valence-corrected chi connectivity index (χ1v) is 12.9. The Kier molecular flexibility index (Phi) is 7.41. The van der Waals surface area contributed by atoms with E-state index in [-0.39, 0.29) is 42.5 Å². The van der Waals surface area contributed by atoms with Crippen LogP contribution < -0.4 is 0 Å². The van der Waals surface area contributed by atoms with E-state index < -0.39 is 47.4 Å². The molecule has 0 radical (unpaired) electrons. The summed E-state index contributed by atoms with van der Waals surface area (Å²) in [6, 6.07) is 16.3. The molecule has 3 aromatic rings. The van der Waals surface area contributed by atoms with E-state index in [2.05, 4.69) is 0 Å². The maximum atomic E-state index is 13.8. The lowest BCUT2D eigenvalue weighted by Gasteiger charge is -2.37. The van der Waals surface area contributed by atoms with Crippen LogP contribution in [0.1, 0.15) is 65.5 Å². The Hall–Kier alpha value is -3.40. The summed E-state index contributed by atoms with van der Waals surface area (Å²) in [5, 5.41) is 0. The average Bonchev–Trinajstić information content (AvgIpc) is 3.26. The summed E-state index contributed by atoms with van der Waals surface area (Å²) in [4.78, 5) is 14.9. The van der Waals surface area contributed by atoms with Crippen LogP contribution in [-0.4, -0.2) is 29.5 Å². The van der Waals surface area contributed by atoms with Crippen molar-refractivity contribution in [1.29, 1.82) is 0 Å². The standard InChI is InChI=1S/C30H26F7NO2/c1-17(20-11-22(29(32,33)34)15-23(12-20)30(35,36)37)40-26-16-38-25(28(26)19-7-9-24(31)10-8-19)13-21(14-27(38)39)18-5-3-2-4-6-18/h2-12,15,17,21,25-26,28H,13-14,16H2,1H3/t17-,21?,25?,26+,28?/m1/s1. The van der Waals surface area contributed by atoms with Gasteiger partial charge < -0.3 is 9.64 Å². The second kappa shape index (κ2) is 10.5. The third kappa shape index (κ3) is 5.73. The van der Waals surface area contributed by atoms with E-state index in [9.17, 15) is 35.5 Å². The zero-order valence-electron chi connectivity index (χ0n) is 21.3. The van der Waals surface area contributed by atoms with Gasteiger partial charge in [-0.2, -0.15) is 26.3 Å². The van der Waals surface area contributed by atoms with E-state index in [1.54, 1.807) is 17.0 Å². The molecule has 0 spiro atoms. The Morgan fingerprint density at radius 1 is 0.850 bits per heavy atom. The first-order valence-electron chi connectivity index (χ1n) is 12.9. The van der Waals surface area contributed by atoms with Gasteiger partial charge in [0.05, 0.1) is 23.3 Å². The lowest BCUT2D eigenvalue weighted by atomic mass is 9.79. The van der Waals surface area contributed by atoms with Gasteiger partial charge in [-0.15, -0.1) is 0 Å². The van der Waals surface area contributed by atoms with E-state index in [1.165, 1.54) is 19.1 Å². The molecule has 0 aromatic heterocycles. The van der Waals surface area contributed by atoms with Gasteiger partial charge in [0.15, 0.2) is 0 Å². The number of fused-ring (bicyclic) bond motifs is 1. The van der Waals surface area contributed by atoms with Crippen molar-refractivity contribution in [2.45, 2.75) is 62.2 Å². The molecule has 2 fully saturated rings. The molecule has 0 N–H and O–H groups in total. The van der Waals surface area contributed by atoms with Gasteiger partial charge in [0.25, 0.3) is 0 Å². The number of ether oxygens (including phenoxy) is 1. The Balaban J connectivity index is 1.49. The summed E-state index contributed by atoms with van der Waals surface area (Å²) in [5.74, 6) is -1.12. The number of amides is 1. The van der Waals surface area contributed by atoms with Gasteiger partial charge in [-0.25, -0.2) is 4.39 Å². The van der Waals surface area contributed by atoms with Gasteiger partial charge in [0.1, 0.15) is 5.82 Å². The van der Waals surface area contributed by atoms with Gasteiger partial charge in [-0.1, -0.05) is 42.5 Å². The summed E-state index contributed by atoms with van der Waals surface area (Å²) in [6.07, 6.45) is -11.0. The van der Waals surface area contributed by atoms with Crippen LogP contribution in [0.2, 0.25) is 0 Å². The molecule has 5 rings (SSSR count). The molecule has 40 heavy (non-hydrogen) atoms. The SMILES string of the molecule is C[C@@H](O[C@H]1CN2C(=O)CC(c3ccccc3)CC2C1c1ccc(F)cc1)c1cc(C(F)(F)F)cc(C(F)(F)F)c1. The van der Waals surface area contributed by atoms with Gasteiger partial charge >= 0.3 is 12.4 Å². The van der Waals surface area contributed by atoms with Crippen molar-refractivity contribution in [3.63, 3.8) is 0 Å². The molecule has 2 aliphatic heterocycles. The van der Waals surface area contributed by atoms with Crippen molar-refractivity contribution >= 4 is 5.91 Å². The Labute approximate surface area is 226 Å². The molecule has 0 saturated carbocycles. The molecule has 2 saturated heterocycles. The second-order valence-electron chi connectivity index (χ2n) is 10.4. The highest BCUT2D eigenvalue weighted by Gasteiger charge is 2.49. The number of hydrogen-bond donors (Lipinski definition) is 0. The number of rotatable bonds is 5. The van der Waals surface area contributed by atoms with Crippen LogP contribution in [0.5, 0.6) is 0 Å². The number of alkyl halides is 6. The van der Waals surface area contributed by atoms with Crippen molar-refractivity contribution in [1.82, 2.24) is 4.90 Å². The van der Waals surface area contributed by atoms with Gasteiger partial charge in [-0.3, -0.25) is 4.79 Å². The summed E-state index contributed by atoms with van der Waals surface area (Å²) < 4.78 is 101. The topological polar surface area (TPSA) is 29.5 Å². The first kappa shape index (κ1) is 28.1. The zero-order valence-corrected chi connectivity index (χ0v) is 21.3. The Morgan fingerprint density at radius 2 is 1.45 bits per heavy atom. The fourth-order valence-electron chi connectivity index (χ4n) is 5.93. The fraction of sp³-hybridized carbons (Fsp3) is 0.367. The minimum atomic E-state index is -4.99. The Morgan fingerprint density at radius 3 is 2.02 bits per heavy atom. The maximum absolute atomic E-state index is 13.8. The van der Waals surface area contributed by atoms with E-state index in [0.29, 0.717) is 24.1 Å². The van der Waals surface area contributed by atoms with E-state index in [0.717, 1.165) is 5.56 Å². The zero-order chi connectivity index (χ0) is 28.8. The molecule has 3 unspecified atom stereocenters. The van der Waals surface area contributed by atoms with Gasteiger partial charge in [-0.05, 0) is 66.3 Å². The van der Waals surface area contributed by atoms with E-state index in [4.69, 9.17) is 4.74 Å². The number of piperidine rings is 1. The summed E-state index contributed by atoms with van der Waals surface area (Å²) in [7, 11) is 0. The number of nitrogens with zero attached hydrogens (tertiary/aromatic N) is 1. The molecular formula is C30H26F7NO2. The largest absolute Gasteiger partial charge is 0.416 e. The lowest BCUT2D eigenvalue weighted by molar-refractivity contribution is -0.143. The molecule has 3 aromatic carbocycles. The van der Waals surface area contributed by atoms with Crippen molar-refractivity contribution in [2.24, 2.45) is 0 Å². The molecule has 0 bridgehead atoms. The minimum Gasteiger partial charge on any atom is -0.368 e. The molecule has 2 heterocycles. The number of halogens is 7. The van der Waals surface area contributed by atoms with Gasteiger partial charge in [0.2, 0.25) is 5.91 Å². The molecule has 212 valence electrons. The van der Waals surface area contributed by atoms with Crippen LogP contribution in [0.4, 0.5) is 30.7 Å². The highest BCUT2D eigenvalue weighted by molar-refractivity contribution is 5.79. The predicted octanol–water partition coefficient (Wildman–Crippen LogP) is 7.88. The summed E-state index contributed by atoms with van der Waals surface area (Å²) in [5.41, 5.74) is -1.46. The van der Waals surface area contributed by atoms with Crippen LogP contribution in [0, 0.1) is 5.82 Å². The van der Waals surface area contributed by atoms with E-state index in [1.807, 2.05) is 30.3 Å². The molecule has 10 heteroatoms. The third-order valence-electron chi connectivity index (χ3n) is 7.84. The number of hydrogen-bond acceptors (Lipinski definition) is 2. The lowest BCUT2D eigenvalue weighted by Crippen LogP contribution is -2.43. The highest BCUT2D eigenvalue weighted by atomic mass is 19.4. The van der Waals surface area contributed by atoms with Crippen molar-refractivity contribution in [3.05, 3.63) is 106 Å². The first-order chi connectivity index (χ1) is 18.8. The molecule has 1 amide bonds. The number of carbonyl (C=O) groups is 1. The van der Waals surface area contributed by atoms with Crippen LogP contribution in [0.25, 0.3) is 0 Å². The number of benzene rings is 3. The molecule has 5 atom stereocenters. The maximum Gasteiger partial charge on any atom is 0.416 e. The average molecular weight is 566 g/mol. The normalized spacial score (nSPS) is 24.2. The monoisotopic (exact) mass is 565 g/mol. The Bertz CT molecular complexity index is 1320. The van der Waals surface area contributed by atoms with Crippen LogP contribution in [-0.2, 0) is 21.9 Å². The van der Waals surface area contributed by atoms with Gasteiger partial charge in [0, 0.05) is 24.9 Å². The smallest absolute Gasteiger partial charge is 0.368 e. The molecular weight excluding hydrogens is 539 g/mol. The van der Waals surface area contributed by atoms with Crippen LogP contribution in [0.15, 0.2) is 72.8 Å². The molecule has 3 nitrogen and oxygen atoms in total. The molecule has 0 aliphatic carbocycles. The highest BCUT2D eigenvalue weighted by Crippen LogP contribution is 2.46. The third-order valence-corrected chi connectivity index (χ3v) is 7.84. The number of carbonyl (C=O) groups excluding carboxylic acids is 1. The van der Waals surface area contributed by atoms with Crippen LogP contribution in [0.3, 0.4) is 0 Å². The second-order valence-corrected chi connectivity index (χ2v) is 10.4. The summed E-state index contributed by atoms with van der Waals surface area (Å²) in [6.45, 7) is 1.51. The minimum absolute atomic E-state index is 0.0770. The van der Waals surface area contributed by atoms with E-state index >= 15 is 0 Å². The predicted molar refractivity (Wildman–Crippen MR) is 133 cm³/mol. The fourth-order valence-corrected chi connectivity index (χ4v) is 5.93.